The van der Waals surface area contributed by atoms with Gasteiger partial charge < -0.3 is 5.11 Å². The fraction of sp³-hybridized carbons (Fsp3) is 0.647. The Morgan fingerprint density at radius 3 is 2.58 bits per heavy atom. The van der Waals surface area contributed by atoms with Crippen LogP contribution in [-0.2, 0) is 10.0 Å². The Labute approximate surface area is 149 Å². The van der Waals surface area contributed by atoms with Crippen molar-refractivity contribution in [2.24, 2.45) is 0 Å². The second-order valence-electron chi connectivity index (χ2n) is 6.79. The van der Waals surface area contributed by atoms with E-state index in [0.29, 0.717) is 28.6 Å². The molecule has 0 aromatic heterocycles. The van der Waals surface area contributed by atoms with Gasteiger partial charge in [-0.1, -0.05) is 17.7 Å². The molecule has 0 spiro atoms. The molecule has 7 heteroatoms. The minimum absolute atomic E-state index is 0.209. The van der Waals surface area contributed by atoms with E-state index in [1.165, 1.54) is 0 Å². The summed E-state index contributed by atoms with van der Waals surface area (Å²) in [6, 6.07) is 5.28. The van der Waals surface area contributed by atoms with Crippen molar-refractivity contribution in [3.05, 3.63) is 28.8 Å². The van der Waals surface area contributed by atoms with Gasteiger partial charge in [0.15, 0.2) is 0 Å². The van der Waals surface area contributed by atoms with Gasteiger partial charge in [0.2, 0.25) is 10.0 Å². The fourth-order valence-electron chi connectivity index (χ4n) is 3.69. The van der Waals surface area contributed by atoms with E-state index in [2.05, 4.69) is 4.90 Å². The largest absolute Gasteiger partial charge is 0.393 e. The van der Waals surface area contributed by atoms with E-state index in [9.17, 15) is 13.5 Å². The molecule has 2 saturated heterocycles. The van der Waals surface area contributed by atoms with Crippen LogP contribution >= 0.6 is 11.6 Å². The molecule has 134 valence electrons. The fourth-order valence-corrected chi connectivity index (χ4v) is 5.69. The van der Waals surface area contributed by atoms with Gasteiger partial charge in [-0.3, -0.25) is 4.90 Å². The average Bonchev–Trinajstić information content (AvgIpc) is 2.58. The second kappa shape index (κ2) is 7.30. The summed E-state index contributed by atoms with van der Waals surface area (Å²) in [5, 5.41) is 10.1. The van der Waals surface area contributed by atoms with Crippen molar-refractivity contribution in [1.29, 1.82) is 0 Å². The van der Waals surface area contributed by atoms with E-state index in [1.54, 1.807) is 29.4 Å². The van der Waals surface area contributed by atoms with E-state index in [1.807, 2.05) is 0 Å². The van der Waals surface area contributed by atoms with Crippen molar-refractivity contribution >= 4 is 21.6 Å². The Bertz CT molecular complexity index is 687. The lowest BCUT2D eigenvalue weighted by atomic mass is 10.0. The predicted molar refractivity (Wildman–Crippen MR) is 94.8 cm³/mol. The summed E-state index contributed by atoms with van der Waals surface area (Å²) in [5.41, 5.74) is 0.613. The minimum atomic E-state index is -3.52. The van der Waals surface area contributed by atoms with Gasteiger partial charge in [0.1, 0.15) is 0 Å². The zero-order valence-electron chi connectivity index (χ0n) is 14.0. The maximum absolute atomic E-state index is 13.0. The topological polar surface area (TPSA) is 60.9 Å². The normalized spacial score (nSPS) is 25.0. The number of likely N-dealkylation sites (tertiary alicyclic amines) is 1. The molecular formula is C17H25ClN2O3S. The van der Waals surface area contributed by atoms with Crippen molar-refractivity contribution in [2.45, 2.75) is 49.6 Å². The summed E-state index contributed by atoms with van der Waals surface area (Å²) in [6.45, 7) is 4.51. The number of aliphatic hydroxyl groups is 1. The van der Waals surface area contributed by atoms with Gasteiger partial charge >= 0.3 is 0 Å². The van der Waals surface area contributed by atoms with Crippen LogP contribution in [0.15, 0.2) is 23.1 Å². The first kappa shape index (κ1) is 18.1. The van der Waals surface area contributed by atoms with Crippen molar-refractivity contribution in [2.75, 3.05) is 26.2 Å². The van der Waals surface area contributed by atoms with Gasteiger partial charge in [-0.05, 0) is 50.3 Å². The van der Waals surface area contributed by atoms with Crippen LogP contribution in [0, 0.1) is 6.92 Å². The maximum Gasteiger partial charge on any atom is 0.243 e. The Balaban J connectivity index is 1.77. The molecule has 1 N–H and O–H groups in total. The molecule has 0 bridgehead atoms. The lowest BCUT2D eigenvalue weighted by Gasteiger charge is -2.41. The van der Waals surface area contributed by atoms with Gasteiger partial charge in [0, 0.05) is 37.2 Å². The van der Waals surface area contributed by atoms with E-state index in [0.717, 1.165) is 38.8 Å². The molecule has 24 heavy (non-hydrogen) atoms. The Morgan fingerprint density at radius 1 is 1.17 bits per heavy atom. The minimum Gasteiger partial charge on any atom is -0.393 e. The van der Waals surface area contributed by atoms with Crippen molar-refractivity contribution in [3.8, 4) is 0 Å². The molecule has 0 radical (unpaired) electrons. The van der Waals surface area contributed by atoms with Crippen LogP contribution in [0.25, 0.3) is 0 Å². The highest BCUT2D eigenvalue weighted by atomic mass is 35.5. The van der Waals surface area contributed by atoms with E-state index in [4.69, 9.17) is 11.6 Å². The van der Waals surface area contributed by atoms with Gasteiger partial charge in [-0.2, -0.15) is 4.31 Å². The molecule has 5 nitrogen and oxygen atoms in total. The second-order valence-corrected chi connectivity index (χ2v) is 9.10. The number of hydrogen-bond donors (Lipinski definition) is 1. The molecule has 1 atom stereocenters. The molecule has 0 amide bonds. The number of rotatable bonds is 3. The maximum atomic E-state index is 13.0. The van der Waals surface area contributed by atoms with Crippen LogP contribution in [-0.4, -0.2) is 61.1 Å². The summed E-state index contributed by atoms with van der Waals surface area (Å²) < 4.78 is 27.7. The molecule has 3 rings (SSSR count). The van der Waals surface area contributed by atoms with Gasteiger partial charge in [0.05, 0.1) is 11.0 Å². The summed E-state index contributed by atoms with van der Waals surface area (Å²) in [6.07, 6.45) is 3.21. The molecule has 1 aromatic carbocycles. The summed E-state index contributed by atoms with van der Waals surface area (Å²) in [7, 11) is -3.52. The molecule has 2 heterocycles. The van der Waals surface area contributed by atoms with E-state index >= 15 is 0 Å². The van der Waals surface area contributed by atoms with Crippen LogP contribution in [0.2, 0.25) is 5.02 Å². The van der Waals surface area contributed by atoms with Crippen LogP contribution in [0.5, 0.6) is 0 Å². The number of nitrogens with zero attached hydrogens (tertiary/aromatic N) is 2. The standard InChI is InChI=1S/C17H25ClN2O3S/c1-13-16(18)5-2-6-17(13)24(22,23)20-9-3-4-14(12-20)19-10-7-15(21)8-11-19/h2,5-6,14-15,21H,3-4,7-12H2,1H3/t14-/m0/s1. The van der Waals surface area contributed by atoms with Crippen LogP contribution in [0.4, 0.5) is 0 Å². The third-order valence-corrected chi connectivity index (χ3v) is 7.63. The third kappa shape index (κ3) is 3.63. The molecule has 1 aromatic rings. The molecule has 0 aliphatic carbocycles. The van der Waals surface area contributed by atoms with E-state index < -0.39 is 10.0 Å². The molecular weight excluding hydrogens is 348 g/mol. The Hall–Kier alpha value is -0.660. The molecule has 0 unspecified atom stereocenters. The lowest BCUT2D eigenvalue weighted by Crippen LogP contribution is -2.52. The number of hydrogen-bond acceptors (Lipinski definition) is 4. The summed E-state index contributed by atoms with van der Waals surface area (Å²) >= 11 is 6.11. The first-order chi connectivity index (χ1) is 11.4. The highest BCUT2D eigenvalue weighted by molar-refractivity contribution is 7.89. The Kier molecular flexibility index (Phi) is 5.52. The number of sulfonamides is 1. The van der Waals surface area contributed by atoms with Crippen LogP contribution < -0.4 is 0 Å². The first-order valence-corrected chi connectivity index (χ1v) is 10.4. The monoisotopic (exact) mass is 372 g/mol. The van der Waals surface area contributed by atoms with E-state index in [-0.39, 0.29) is 12.1 Å². The number of halogens is 1. The van der Waals surface area contributed by atoms with Gasteiger partial charge in [-0.25, -0.2) is 8.42 Å². The first-order valence-electron chi connectivity index (χ1n) is 8.57. The molecule has 2 aliphatic rings. The third-order valence-electron chi connectivity index (χ3n) is 5.21. The summed E-state index contributed by atoms with van der Waals surface area (Å²) in [4.78, 5) is 2.64. The summed E-state index contributed by atoms with van der Waals surface area (Å²) in [5.74, 6) is 0. The zero-order valence-corrected chi connectivity index (χ0v) is 15.6. The van der Waals surface area contributed by atoms with Crippen molar-refractivity contribution < 1.29 is 13.5 Å². The SMILES string of the molecule is Cc1c(Cl)cccc1S(=O)(=O)N1CCC[C@H](N2CCC(O)CC2)C1. The highest BCUT2D eigenvalue weighted by Crippen LogP contribution is 2.29. The van der Waals surface area contributed by atoms with Crippen LogP contribution in [0.1, 0.15) is 31.2 Å². The smallest absolute Gasteiger partial charge is 0.243 e. The Morgan fingerprint density at radius 2 is 1.88 bits per heavy atom. The highest BCUT2D eigenvalue weighted by Gasteiger charge is 2.34. The molecule has 2 fully saturated rings. The van der Waals surface area contributed by atoms with Gasteiger partial charge in [0.25, 0.3) is 0 Å². The van der Waals surface area contributed by atoms with Crippen molar-refractivity contribution in [3.63, 3.8) is 0 Å². The number of piperidine rings is 2. The number of aliphatic hydroxyl groups excluding tert-OH is 1. The predicted octanol–water partition coefficient (Wildman–Crippen LogP) is 2.26. The molecule has 2 aliphatic heterocycles. The van der Waals surface area contributed by atoms with Crippen molar-refractivity contribution in [1.82, 2.24) is 9.21 Å². The average molecular weight is 373 g/mol. The number of benzene rings is 1. The lowest BCUT2D eigenvalue weighted by molar-refractivity contribution is 0.0455. The zero-order chi connectivity index (χ0) is 17.3. The van der Waals surface area contributed by atoms with Crippen LogP contribution in [0.3, 0.4) is 0 Å². The molecule has 0 saturated carbocycles. The quantitative estimate of drug-likeness (QED) is 0.884. The van der Waals surface area contributed by atoms with Gasteiger partial charge in [-0.15, -0.1) is 0 Å².